The van der Waals surface area contributed by atoms with Gasteiger partial charge in [0.15, 0.2) is 11.5 Å². The van der Waals surface area contributed by atoms with E-state index in [1.807, 2.05) is 84.5 Å². The fourth-order valence-electron chi connectivity index (χ4n) is 2.95. The van der Waals surface area contributed by atoms with Gasteiger partial charge in [0.05, 0.1) is 6.54 Å². The summed E-state index contributed by atoms with van der Waals surface area (Å²) in [6.45, 7) is 2.41. The van der Waals surface area contributed by atoms with Gasteiger partial charge < -0.3 is 9.88 Å². The number of amides is 1. The average molecular weight is 392 g/mol. The number of anilines is 1. The van der Waals surface area contributed by atoms with Crippen LogP contribution in [0.2, 0.25) is 5.02 Å². The SMILES string of the molecule is Cc1ccccc1NC(=O)c1nnn(Cc2ccc(Cl)cc2)c1-n1cccc1. The topological polar surface area (TPSA) is 64.7 Å². The Morgan fingerprint density at radius 1 is 1.04 bits per heavy atom. The van der Waals surface area contributed by atoms with Crippen LogP contribution in [0.4, 0.5) is 5.69 Å². The molecule has 4 rings (SSSR count). The lowest BCUT2D eigenvalue weighted by molar-refractivity contribution is 0.102. The van der Waals surface area contributed by atoms with Gasteiger partial charge in [-0.15, -0.1) is 5.10 Å². The molecule has 0 aliphatic rings. The van der Waals surface area contributed by atoms with Gasteiger partial charge in [0.2, 0.25) is 0 Å². The average Bonchev–Trinajstić information content (AvgIpc) is 3.35. The van der Waals surface area contributed by atoms with Crippen LogP contribution >= 0.6 is 11.6 Å². The summed E-state index contributed by atoms with van der Waals surface area (Å²) in [5.74, 6) is 0.298. The molecule has 0 spiro atoms. The normalized spacial score (nSPS) is 10.8. The van der Waals surface area contributed by atoms with Crippen LogP contribution < -0.4 is 5.32 Å². The van der Waals surface area contributed by atoms with Crippen LogP contribution in [0.25, 0.3) is 5.82 Å². The third-order valence-electron chi connectivity index (χ3n) is 4.41. The zero-order valence-corrected chi connectivity index (χ0v) is 16.0. The first kappa shape index (κ1) is 18.0. The summed E-state index contributed by atoms with van der Waals surface area (Å²) >= 11 is 5.97. The first-order valence-electron chi connectivity index (χ1n) is 8.80. The van der Waals surface area contributed by atoms with Crippen molar-refractivity contribution in [2.75, 3.05) is 5.32 Å². The van der Waals surface area contributed by atoms with Crippen molar-refractivity contribution in [3.8, 4) is 5.82 Å². The Morgan fingerprint density at radius 2 is 1.75 bits per heavy atom. The summed E-state index contributed by atoms with van der Waals surface area (Å²) in [5, 5.41) is 12.0. The lowest BCUT2D eigenvalue weighted by atomic mass is 10.2. The molecule has 6 nitrogen and oxygen atoms in total. The van der Waals surface area contributed by atoms with Gasteiger partial charge in [-0.3, -0.25) is 4.79 Å². The van der Waals surface area contributed by atoms with Crippen LogP contribution in [0.15, 0.2) is 73.1 Å². The minimum absolute atomic E-state index is 0.258. The fourth-order valence-corrected chi connectivity index (χ4v) is 3.08. The van der Waals surface area contributed by atoms with Crippen LogP contribution in [-0.4, -0.2) is 25.5 Å². The van der Waals surface area contributed by atoms with E-state index < -0.39 is 0 Å². The van der Waals surface area contributed by atoms with Gasteiger partial charge in [0, 0.05) is 23.1 Å². The molecule has 0 saturated carbocycles. The van der Waals surface area contributed by atoms with Crippen molar-refractivity contribution in [3.05, 3.63) is 94.9 Å². The third-order valence-corrected chi connectivity index (χ3v) is 4.66. The van der Waals surface area contributed by atoms with Crippen molar-refractivity contribution in [2.45, 2.75) is 13.5 Å². The molecule has 1 N–H and O–H groups in total. The van der Waals surface area contributed by atoms with E-state index in [9.17, 15) is 4.79 Å². The summed E-state index contributed by atoms with van der Waals surface area (Å²) in [4.78, 5) is 12.9. The maximum absolute atomic E-state index is 12.9. The summed E-state index contributed by atoms with van der Waals surface area (Å²) in [7, 11) is 0. The predicted octanol–water partition coefficient (Wildman–Crippen LogP) is 4.33. The summed E-state index contributed by atoms with van der Waals surface area (Å²) in [5.41, 5.74) is 2.99. The molecular formula is C21H18ClN5O. The van der Waals surface area contributed by atoms with E-state index in [1.165, 1.54) is 0 Å². The molecule has 7 heteroatoms. The van der Waals surface area contributed by atoms with E-state index in [4.69, 9.17) is 11.6 Å². The molecule has 2 aromatic heterocycles. The molecule has 1 amide bonds. The van der Waals surface area contributed by atoms with E-state index in [0.717, 1.165) is 16.8 Å². The minimum Gasteiger partial charge on any atom is -0.320 e. The Labute approximate surface area is 167 Å². The number of rotatable bonds is 5. The summed E-state index contributed by atoms with van der Waals surface area (Å²) in [6, 6.07) is 18.9. The van der Waals surface area contributed by atoms with Gasteiger partial charge in [-0.1, -0.05) is 47.1 Å². The number of hydrogen-bond donors (Lipinski definition) is 1. The van der Waals surface area contributed by atoms with Crippen LogP contribution in [0.5, 0.6) is 0 Å². The van der Waals surface area contributed by atoms with Gasteiger partial charge in [0.25, 0.3) is 5.91 Å². The van der Waals surface area contributed by atoms with Crippen LogP contribution in [0.3, 0.4) is 0 Å². The standard InChI is InChI=1S/C21H18ClN5O/c1-15-6-2-3-7-18(15)23-20(28)19-21(26-12-4-5-13-26)27(25-24-19)14-16-8-10-17(22)11-9-16/h2-13H,14H2,1H3,(H,23,28). The maximum atomic E-state index is 12.9. The maximum Gasteiger partial charge on any atom is 0.280 e. The first-order chi connectivity index (χ1) is 13.6. The second-order valence-electron chi connectivity index (χ2n) is 6.41. The number of aromatic nitrogens is 4. The predicted molar refractivity (Wildman–Crippen MR) is 109 cm³/mol. The molecular weight excluding hydrogens is 374 g/mol. The molecule has 2 aromatic carbocycles. The Hall–Kier alpha value is -3.38. The quantitative estimate of drug-likeness (QED) is 0.550. The second-order valence-corrected chi connectivity index (χ2v) is 6.84. The van der Waals surface area contributed by atoms with E-state index >= 15 is 0 Å². The van der Waals surface area contributed by atoms with Crippen molar-refractivity contribution >= 4 is 23.2 Å². The smallest absolute Gasteiger partial charge is 0.280 e. The van der Waals surface area contributed by atoms with Crippen molar-refractivity contribution < 1.29 is 4.79 Å². The molecule has 0 radical (unpaired) electrons. The zero-order valence-electron chi connectivity index (χ0n) is 15.2. The molecule has 4 aromatic rings. The van der Waals surface area contributed by atoms with Crippen molar-refractivity contribution in [1.29, 1.82) is 0 Å². The highest BCUT2D eigenvalue weighted by Gasteiger charge is 2.21. The highest BCUT2D eigenvalue weighted by atomic mass is 35.5. The number of para-hydroxylation sites is 1. The third kappa shape index (κ3) is 3.68. The van der Waals surface area contributed by atoms with Crippen LogP contribution in [0, 0.1) is 6.92 Å². The lowest BCUT2D eigenvalue weighted by Crippen LogP contribution is -2.17. The van der Waals surface area contributed by atoms with E-state index in [2.05, 4.69) is 15.6 Å². The van der Waals surface area contributed by atoms with Gasteiger partial charge >= 0.3 is 0 Å². The number of nitrogens with one attached hydrogen (secondary N) is 1. The molecule has 0 atom stereocenters. The Kier molecular flexibility index (Phi) is 4.95. The van der Waals surface area contributed by atoms with Crippen molar-refractivity contribution in [1.82, 2.24) is 19.6 Å². The number of nitrogens with zero attached hydrogens (tertiary/aromatic N) is 4. The zero-order chi connectivity index (χ0) is 19.5. The summed E-state index contributed by atoms with van der Waals surface area (Å²) in [6.07, 6.45) is 3.73. The number of halogens is 1. The molecule has 0 aliphatic heterocycles. The largest absolute Gasteiger partial charge is 0.320 e. The van der Waals surface area contributed by atoms with Gasteiger partial charge in [-0.25, -0.2) is 4.68 Å². The monoisotopic (exact) mass is 391 g/mol. The molecule has 140 valence electrons. The highest BCUT2D eigenvalue weighted by Crippen LogP contribution is 2.19. The van der Waals surface area contributed by atoms with E-state index in [-0.39, 0.29) is 11.6 Å². The Balaban J connectivity index is 1.69. The number of carbonyl (C=O) groups is 1. The minimum atomic E-state index is -0.305. The van der Waals surface area contributed by atoms with E-state index in [0.29, 0.717) is 17.4 Å². The molecule has 0 saturated heterocycles. The number of aryl methyl sites for hydroxylation is 1. The summed E-state index contributed by atoms with van der Waals surface area (Å²) < 4.78 is 3.54. The van der Waals surface area contributed by atoms with Crippen LogP contribution in [0.1, 0.15) is 21.6 Å². The van der Waals surface area contributed by atoms with Gasteiger partial charge in [-0.2, -0.15) is 0 Å². The Morgan fingerprint density at radius 3 is 2.46 bits per heavy atom. The van der Waals surface area contributed by atoms with Crippen molar-refractivity contribution in [2.24, 2.45) is 0 Å². The number of benzene rings is 2. The molecule has 28 heavy (non-hydrogen) atoms. The first-order valence-corrected chi connectivity index (χ1v) is 9.18. The molecule has 0 fully saturated rings. The number of carbonyl (C=O) groups excluding carboxylic acids is 1. The lowest BCUT2D eigenvalue weighted by Gasteiger charge is -2.11. The second kappa shape index (κ2) is 7.70. The fraction of sp³-hybridized carbons (Fsp3) is 0.0952. The molecule has 0 aliphatic carbocycles. The molecule has 0 unspecified atom stereocenters. The number of hydrogen-bond acceptors (Lipinski definition) is 3. The van der Waals surface area contributed by atoms with Gasteiger partial charge in [0.1, 0.15) is 0 Å². The Bertz CT molecular complexity index is 1100. The van der Waals surface area contributed by atoms with E-state index in [1.54, 1.807) is 4.68 Å². The molecule has 2 heterocycles. The molecule has 0 bridgehead atoms. The van der Waals surface area contributed by atoms with Crippen LogP contribution in [-0.2, 0) is 6.54 Å². The highest BCUT2D eigenvalue weighted by molar-refractivity contribution is 6.30. The van der Waals surface area contributed by atoms with Crippen molar-refractivity contribution in [3.63, 3.8) is 0 Å². The van der Waals surface area contributed by atoms with Gasteiger partial charge in [-0.05, 0) is 48.4 Å².